The minimum absolute atomic E-state index is 0.664. The highest BCUT2D eigenvalue weighted by atomic mass is 35.5. The molecular weight excluding hydrogens is 315 g/mol. The first kappa shape index (κ1) is 14.1. The molecule has 2 heterocycles. The number of hydrogen-bond donors (Lipinski definition) is 1. The van der Waals surface area contributed by atoms with Crippen LogP contribution in [0.25, 0.3) is 22.0 Å². The Balaban J connectivity index is 1.88. The Hall–Kier alpha value is -1.48. The molecular formula is C18H16Cl2N2. The fourth-order valence-electron chi connectivity index (χ4n) is 3.21. The van der Waals surface area contributed by atoms with Gasteiger partial charge < -0.3 is 9.88 Å². The molecule has 0 aliphatic carbocycles. The van der Waals surface area contributed by atoms with Crippen molar-refractivity contribution in [3.63, 3.8) is 0 Å². The van der Waals surface area contributed by atoms with Gasteiger partial charge in [0, 0.05) is 52.9 Å². The monoisotopic (exact) mass is 330 g/mol. The van der Waals surface area contributed by atoms with Gasteiger partial charge in [0.05, 0.1) is 0 Å². The fourth-order valence-corrected chi connectivity index (χ4v) is 3.72. The Kier molecular flexibility index (Phi) is 3.61. The van der Waals surface area contributed by atoms with Crippen molar-refractivity contribution in [1.82, 2.24) is 9.88 Å². The number of halogens is 2. The van der Waals surface area contributed by atoms with Crippen molar-refractivity contribution in [3.05, 3.63) is 58.2 Å². The molecule has 0 amide bonds. The van der Waals surface area contributed by atoms with E-state index in [1.807, 2.05) is 12.1 Å². The standard InChI is InChI=1S/C18H16Cl2N2/c19-14-3-4-16(17(20)11-14)12-1-2-13-9-15-5-6-21-7-8-22(15)18(13)10-12/h1-4,9-11,21H,5-8H2. The van der Waals surface area contributed by atoms with E-state index in [9.17, 15) is 0 Å². The molecule has 0 spiro atoms. The molecule has 1 N–H and O–H groups in total. The first-order valence-electron chi connectivity index (χ1n) is 7.51. The van der Waals surface area contributed by atoms with E-state index in [1.54, 1.807) is 6.07 Å². The average Bonchev–Trinajstić information content (AvgIpc) is 2.68. The Labute approximate surface area is 139 Å². The van der Waals surface area contributed by atoms with Crippen LogP contribution in [0.5, 0.6) is 0 Å². The first-order chi connectivity index (χ1) is 10.7. The molecule has 112 valence electrons. The van der Waals surface area contributed by atoms with E-state index in [0.717, 1.165) is 37.2 Å². The van der Waals surface area contributed by atoms with Gasteiger partial charge >= 0.3 is 0 Å². The van der Waals surface area contributed by atoms with Gasteiger partial charge in [0.2, 0.25) is 0 Å². The van der Waals surface area contributed by atoms with Crippen molar-refractivity contribution in [3.8, 4) is 11.1 Å². The van der Waals surface area contributed by atoms with E-state index >= 15 is 0 Å². The number of benzene rings is 2. The summed E-state index contributed by atoms with van der Waals surface area (Å²) in [6.45, 7) is 3.07. The Bertz CT molecular complexity index is 852. The lowest BCUT2D eigenvalue weighted by Gasteiger charge is -2.09. The number of nitrogens with zero attached hydrogens (tertiary/aromatic N) is 1. The lowest BCUT2D eigenvalue weighted by atomic mass is 10.0. The van der Waals surface area contributed by atoms with Gasteiger partial charge in [-0.15, -0.1) is 0 Å². The van der Waals surface area contributed by atoms with Gasteiger partial charge in [-0.05, 0) is 35.2 Å². The minimum atomic E-state index is 0.664. The van der Waals surface area contributed by atoms with Crippen LogP contribution in [-0.4, -0.2) is 17.7 Å². The van der Waals surface area contributed by atoms with Crippen LogP contribution in [0.4, 0.5) is 0 Å². The molecule has 1 aromatic heterocycles. The predicted molar refractivity (Wildman–Crippen MR) is 94.0 cm³/mol. The number of rotatable bonds is 1. The van der Waals surface area contributed by atoms with Crippen molar-refractivity contribution in [2.24, 2.45) is 0 Å². The third-order valence-corrected chi connectivity index (χ3v) is 4.85. The summed E-state index contributed by atoms with van der Waals surface area (Å²) >= 11 is 12.4. The van der Waals surface area contributed by atoms with Gasteiger partial charge in [-0.1, -0.05) is 41.4 Å². The molecule has 1 aliphatic rings. The lowest BCUT2D eigenvalue weighted by Crippen LogP contribution is -2.17. The largest absolute Gasteiger partial charge is 0.343 e. The summed E-state index contributed by atoms with van der Waals surface area (Å²) in [6, 6.07) is 14.5. The smallest absolute Gasteiger partial charge is 0.0499 e. The topological polar surface area (TPSA) is 17.0 Å². The summed E-state index contributed by atoms with van der Waals surface area (Å²) in [5, 5.41) is 6.10. The molecule has 0 fully saturated rings. The third kappa shape index (κ3) is 2.41. The minimum Gasteiger partial charge on any atom is -0.343 e. The van der Waals surface area contributed by atoms with E-state index < -0.39 is 0 Å². The van der Waals surface area contributed by atoms with E-state index in [-0.39, 0.29) is 0 Å². The summed E-state index contributed by atoms with van der Waals surface area (Å²) in [5.41, 5.74) is 4.84. The Morgan fingerprint density at radius 1 is 0.955 bits per heavy atom. The maximum atomic E-state index is 6.36. The second kappa shape index (κ2) is 5.62. The van der Waals surface area contributed by atoms with Crippen LogP contribution in [0.15, 0.2) is 42.5 Å². The van der Waals surface area contributed by atoms with Crippen LogP contribution >= 0.6 is 23.2 Å². The van der Waals surface area contributed by atoms with Crippen LogP contribution in [0.3, 0.4) is 0 Å². The van der Waals surface area contributed by atoms with Gasteiger partial charge in [0.25, 0.3) is 0 Å². The molecule has 0 saturated heterocycles. The van der Waals surface area contributed by atoms with Gasteiger partial charge in [0.15, 0.2) is 0 Å². The van der Waals surface area contributed by atoms with Crippen molar-refractivity contribution >= 4 is 34.1 Å². The van der Waals surface area contributed by atoms with Crippen molar-refractivity contribution in [2.75, 3.05) is 13.1 Å². The molecule has 2 nitrogen and oxygen atoms in total. The van der Waals surface area contributed by atoms with Gasteiger partial charge in [-0.25, -0.2) is 0 Å². The second-order valence-corrected chi connectivity index (χ2v) is 6.53. The van der Waals surface area contributed by atoms with Crippen LogP contribution in [0.1, 0.15) is 5.69 Å². The molecule has 1 aliphatic heterocycles. The predicted octanol–water partition coefficient (Wildman–Crippen LogP) is 4.76. The summed E-state index contributed by atoms with van der Waals surface area (Å²) in [4.78, 5) is 0. The molecule has 0 bridgehead atoms. The maximum absolute atomic E-state index is 6.36. The molecule has 2 aromatic carbocycles. The highest BCUT2D eigenvalue weighted by Crippen LogP contribution is 2.33. The summed E-state index contributed by atoms with van der Waals surface area (Å²) in [6.07, 6.45) is 1.08. The van der Waals surface area contributed by atoms with E-state index in [2.05, 4.69) is 34.1 Å². The molecule has 3 aromatic rings. The van der Waals surface area contributed by atoms with Crippen LogP contribution in [-0.2, 0) is 13.0 Å². The van der Waals surface area contributed by atoms with Crippen LogP contribution < -0.4 is 5.32 Å². The van der Waals surface area contributed by atoms with E-state index in [1.165, 1.54) is 16.6 Å². The Morgan fingerprint density at radius 3 is 2.73 bits per heavy atom. The maximum Gasteiger partial charge on any atom is 0.0499 e. The molecule has 0 atom stereocenters. The highest BCUT2D eigenvalue weighted by molar-refractivity contribution is 6.36. The second-order valence-electron chi connectivity index (χ2n) is 5.69. The molecule has 0 unspecified atom stereocenters. The summed E-state index contributed by atoms with van der Waals surface area (Å²) < 4.78 is 2.42. The van der Waals surface area contributed by atoms with E-state index in [4.69, 9.17) is 23.2 Å². The zero-order chi connectivity index (χ0) is 15.1. The summed E-state index contributed by atoms with van der Waals surface area (Å²) in [7, 11) is 0. The SMILES string of the molecule is Clc1ccc(-c2ccc3cc4n(c3c2)CCNCC4)c(Cl)c1. The van der Waals surface area contributed by atoms with Crippen LogP contribution in [0.2, 0.25) is 10.0 Å². The number of hydrogen-bond acceptors (Lipinski definition) is 1. The molecule has 4 rings (SSSR count). The van der Waals surface area contributed by atoms with Gasteiger partial charge in [-0.3, -0.25) is 0 Å². The van der Waals surface area contributed by atoms with Crippen LogP contribution in [0, 0.1) is 0 Å². The molecule has 4 heteroatoms. The quantitative estimate of drug-likeness (QED) is 0.680. The van der Waals surface area contributed by atoms with Crippen molar-refractivity contribution < 1.29 is 0 Å². The van der Waals surface area contributed by atoms with Gasteiger partial charge in [0.1, 0.15) is 0 Å². The number of nitrogens with one attached hydrogen (secondary N) is 1. The molecule has 0 radical (unpaired) electrons. The fraction of sp³-hybridized carbons (Fsp3) is 0.222. The third-order valence-electron chi connectivity index (χ3n) is 4.30. The lowest BCUT2D eigenvalue weighted by molar-refractivity contribution is 0.658. The molecule has 0 saturated carbocycles. The first-order valence-corrected chi connectivity index (χ1v) is 8.26. The average molecular weight is 331 g/mol. The number of fused-ring (bicyclic) bond motifs is 3. The zero-order valence-electron chi connectivity index (χ0n) is 12.1. The van der Waals surface area contributed by atoms with Gasteiger partial charge in [-0.2, -0.15) is 0 Å². The highest BCUT2D eigenvalue weighted by Gasteiger charge is 2.13. The van der Waals surface area contributed by atoms with Crippen molar-refractivity contribution in [1.29, 1.82) is 0 Å². The number of aromatic nitrogens is 1. The molecule has 22 heavy (non-hydrogen) atoms. The van der Waals surface area contributed by atoms with Crippen molar-refractivity contribution in [2.45, 2.75) is 13.0 Å². The normalized spacial score (nSPS) is 14.8. The zero-order valence-corrected chi connectivity index (χ0v) is 13.6. The Morgan fingerprint density at radius 2 is 1.86 bits per heavy atom. The van der Waals surface area contributed by atoms with E-state index in [0.29, 0.717) is 10.0 Å². The summed E-state index contributed by atoms with van der Waals surface area (Å²) in [5.74, 6) is 0.